The molecule has 1 saturated heterocycles. The van der Waals surface area contributed by atoms with E-state index in [9.17, 15) is 24.7 Å². The summed E-state index contributed by atoms with van der Waals surface area (Å²) in [6.45, 7) is 2.05. The number of nitrogens with one attached hydrogen (secondary N) is 2. The monoisotopic (exact) mass is 543 g/mol. The quantitative estimate of drug-likeness (QED) is 0.104. The summed E-state index contributed by atoms with van der Waals surface area (Å²) >= 11 is 2.20. The van der Waals surface area contributed by atoms with Gasteiger partial charge >= 0.3 is 0 Å². The molecule has 0 aromatic carbocycles. The number of amides is 2. The molecular weight excluding hydrogens is 522 g/mol. The Morgan fingerprint density at radius 3 is 2.89 bits per heavy atom. The van der Waals surface area contributed by atoms with Crippen molar-refractivity contribution in [3.05, 3.63) is 63.9 Å². The minimum absolute atomic E-state index is 0.0738. The number of aliphatic carboxylic acids is 1. The summed E-state index contributed by atoms with van der Waals surface area (Å²) < 4.78 is 4.26. The Bertz CT molecular complexity index is 1540. The number of carboxylic acid groups (broad SMARTS) is 1. The minimum Gasteiger partial charge on any atom is -0.543 e. The molecular formula is C22H21N7O6S2. The van der Waals surface area contributed by atoms with Gasteiger partial charge in [-0.15, -0.1) is 23.1 Å². The molecule has 0 radical (unpaired) electrons. The van der Waals surface area contributed by atoms with E-state index >= 15 is 0 Å². The topological polar surface area (TPSA) is 168 Å². The van der Waals surface area contributed by atoms with E-state index in [-0.39, 0.29) is 35.1 Å². The summed E-state index contributed by atoms with van der Waals surface area (Å²) in [6, 6.07) is 4.63. The number of carbonyl (C=O) groups excluding carboxylic acids is 3. The van der Waals surface area contributed by atoms with Crippen molar-refractivity contribution >= 4 is 52.2 Å². The Morgan fingerprint density at radius 2 is 2.19 bits per heavy atom. The van der Waals surface area contributed by atoms with Gasteiger partial charge < -0.3 is 25.3 Å². The number of hydrogen-bond acceptors (Lipinski definition) is 10. The van der Waals surface area contributed by atoms with Crippen LogP contribution in [0.25, 0.3) is 5.65 Å². The molecule has 2 aliphatic heterocycles. The molecule has 5 heterocycles. The second-order valence-corrected chi connectivity index (χ2v) is 10.1. The lowest BCUT2D eigenvalue weighted by Gasteiger charge is -2.50. The van der Waals surface area contributed by atoms with Crippen molar-refractivity contribution in [2.75, 3.05) is 12.4 Å². The van der Waals surface area contributed by atoms with Gasteiger partial charge in [-0.1, -0.05) is 11.2 Å². The van der Waals surface area contributed by atoms with E-state index in [0.717, 1.165) is 21.9 Å². The Labute approximate surface area is 217 Å². The maximum Gasteiger partial charge on any atom is 0.286 e. The first-order valence-corrected chi connectivity index (χ1v) is 13.0. The van der Waals surface area contributed by atoms with Crippen molar-refractivity contribution in [2.24, 2.45) is 5.16 Å². The van der Waals surface area contributed by atoms with Gasteiger partial charge in [0.25, 0.3) is 17.5 Å². The molecule has 37 heavy (non-hydrogen) atoms. The van der Waals surface area contributed by atoms with E-state index in [4.69, 9.17) is 10.2 Å². The van der Waals surface area contributed by atoms with Gasteiger partial charge in [0, 0.05) is 22.8 Å². The molecule has 3 aromatic rings. The Hall–Kier alpha value is -4.11. The van der Waals surface area contributed by atoms with E-state index in [1.807, 2.05) is 45.8 Å². The molecule has 3 N–H and O–H groups in total. The van der Waals surface area contributed by atoms with Gasteiger partial charge in [0.1, 0.15) is 42.7 Å². The van der Waals surface area contributed by atoms with E-state index in [1.165, 1.54) is 17.1 Å². The SMILES string of the molecule is CCO/N=C(\C(=O)N[C@@H]1C(=O)N2C(C(=O)[O-])=C(C[n+]3ccn4ccccc43)CS[C@@H]12)c1csc(=N)n1O. The highest BCUT2D eigenvalue weighted by atomic mass is 32.2. The van der Waals surface area contributed by atoms with Crippen LogP contribution >= 0.6 is 23.1 Å². The van der Waals surface area contributed by atoms with Crippen LogP contribution in [0.5, 0.6) is 0 Å². The van der Waals surface area contributed by atoms with Crippen LogP contribution in [0.3, 0.4) is 0 Å². The zero-order valence-electron chi connectivity index (χ0n) is 19.4. The van der Waals surface area contributed by atoms with Crippen molar-refractivity contribution in [3.8, 4) is 0 Å². The van der Waals surface area contributed by atoms with Gasteiger partial charge in [-0.2, -0.15) is 4.73 Å². The average Bonchev–Trinajstić information content (AvgIpc) is 3.45. The molecule has 0 aliphatic carbocycles. The summed E-state index contributed by atoms with van der Waals surface area (Å²) in [5.41, 5.74) is 0.777. The molecule has 192 valence electrons. The highest BCUT2D eigenvalue weighted by Gasteiger charge is 2.53. The number of carboxylic acids is 1. The number of imidazole rings is 1. The summed E-state index contributed by atoms with van der Waals surface area (Å²) in [6.07, 6.45) is 5.55. The number of oxime groups is 1. The van der Waals surface area contributed by atoms with E-state index in [2.05, 4.69) is 10.5 Å². The van der Waals surface area contributed by atoms with Crippen LogP contribution in [0, 0.1) is 5.41 Å². The van der Waals surface area contributed by atoms with Gasteiger partial charge in [-0.25, -0.2) is 8.97 Å². The van der Waals surface area contributed by atoms with Crippen LogP contribution in [0.15, 0.2) is 58.6 Å². The van der Waals surface area contributed by atoms with E-state index < -0.39 is 29.2 Å². The first kappa shape index (κ1) is 24.6. The standard InChI is InChI=1S/C22H21N7O6S2/c1-2-35-25-15(13-11-37-22(23)29(13)34)18(30)24-16-19(31)28-17(21(32)33)12(10-36-20(16)28)9-27-8-7-26-6-4-3-5-14(26)27/h3-8,11,16,20,23,34H,2,9-10H2,1H3,(H-,24,30,32,33)/b23-22?,25-15-/t16-,20+/m1/s1. The number of hydrogen-bond donors (Lipinski definition) is 3. The number of aromatic nitrogens is 3. The molecule has 3 aromatic heterocycles. The number of β-lactam (4-membered cyclic amide) rings is 1. The normalized spacial score (nSPS) is 19.5. The lowest BCUT2D eigenvalue weighted by molar-refractivity contribution is -0.662. The highest BCUT2D eigenvalue weighted by molar-refractivity contribution is 8.00. The fourth-order valence-corrected chi connectivity index (χ4v) is 6.17. The number of nitrogens with zero attached hydrogens (tertiary/aromatic N) is 5. The van der Waals surface area contributed by atoms with Crippen LogP contribution in [-0.4, -0.2) is 66.5 Å². The molecule has 0 unspecified atom stereocenters. The van der Waals surface area contributed by atoms with Crippen molar-refractivity contribution in [1.29, 1.82) is 5.41 Å². The molecule has 0 spiro atoms. The van der Waals surface area contributed by atoms with Gasteiger partial charge in [0.2, 0.25) is 4.80 Å². The number of pyridine rings is 1. The summed E-state index contributed by atoms with van der Waals surface area (Å²) in [4.78, 5) is 44.1. The largest absolute Gasteiger partial charge is 0.543 e. The average molecular weight is 544 g/mol. The fourth-order valence-electron chi connectivity index (χ4n) is 4.20. The highest BCUT2D eigenvalue weighted by Crippen LogP contribution is 2.40. The molecule has 13 nitrogen and oxygen atoms in total. The Kier molecular flexibility index (Phi) is 6.47. The number of fused-ring (bicyclic) bond motifs is 2. The summed E-state index contributed by atoms with van der Waals surface area (Å²) in [5, 5.41) is 36.8. The predicted molar refractivity (Wildman–Crippen MR) is 128 cm³/mol. The van der Waals surface area contributed by atoms with E-state index in [1.54, 1.807) is 6.92 Å². The lowest BCUT2D eigenvalue weighted by Crippen LogP contribution is -2.71. The van der Waals surface area contributed by atoms with E-state index in [0.29, 0.717) is 16.1 Å². The zero-order valence-corrected chi connectivity index (χ0v) is 21.0. The van der Waals surface area contributed by atoms with Crippen LogP contribution in [-0.2, 0) is 25.8 Å². The zero-order chi connectivity index (χ0) is 26.3. The maximum atomic E-state index is 13.1. The number of thioether (sulfide) groups is 1. The third-order valence-corrected chi connectivity index (χ3v) is 7.98. The maximum absolute atomic E-state index is 13.1. The Morgan fingerprint density at radius 1 is 1.38 bits per heavy atom. The van der Waals surface area contributed by atoms with Crippen molar-refractivity contribution in [3.63, 3.8) is 0 Å². The van der Waals surface area contributed by atoms with Gasteiger partial charge in [-0.05, 0) is 13.0 Å². The first-order valence-electron chi connectivity index (χ1n) is 11.1. The molecule has 0 bridgehead atoms. The molecule has 0 saturated carbocycles. The van der Waals surface area contributed by atoms with Crippen LogP contribution in [0.1, 0.15) is 12.6 Å². The summed E-state index contributed by atoms with van der Waals surface area (Å²) in [7, 11) is 0. The smallest absolute Gasteiger partial charge is 0.286 e. The number of carbonyl (C=O) groups is 3. The molecule has 2 atom stereocenters. The molecule has 2 amide bonds. The van der Waals surface area contributed by atoms with Gasteiger partial charge in [0.05, 0.1) is 17.9 Å². The third kappa shape index (κ3) is 4.25. The van der Waals surface area contributed by atoms with Crippen LogP contribution < -0.4 is 19.8 Å². The Balaban J connectivity index is 1.38. The second kappa shape index (κ2) is 9.74. The molecule has 15 heteroatoms. The van der Waals surface area contributed by atoms with Crippen molar-refractivity contribution in [1.82, 2.24) is 19.3 Å². The molecule has 5 rings (SSSR count). The van der Waals surface area contributed by atoms with Crippen molar-refractivity contribution in [2.45, 2.75) is 24.9 Å². The molecule has 2 aliphatic rings. The fraction of sp³-hybridized carbons (Fsp3) is 0.273. The molecule has 1 fully saturated rings. The first-order chi connectivity index (χ1) is 17.8. The van der Waals surface area contributed by atoms with Gasteiger partial charge in [0.15, 0.2) is 5.71 Å². The van der Waals surface area contributed by atoms with Crippen molar-refractivity contribution < 1.29 is 34.1 Å². The van der Waals surface area contributed by atoms with Gasteiger partial charge in [-0.3, -0.25) is 19.9 Å². The van der Waals surface area contributed by atoms with Crippen LogP contribution in [0.4, 0.5) is 0 Å². The minimum atomic E-state index is -1.47. The number of thiazole rings is 1. The van der Waals surface area contributed by atoms with Crippen LogP contribution in [0.2, 0.25) is 0 Å². The lowest BCUT2D eigenvalue weighted by atomic mass is 10.0. The number of rotatable bonds is 8. The predicted octanol–water partition coefficient (Wildman–Crippen LogP) is -1.35. The second-order valence-electron chi connectivity index (χ2n) is 8.09. The third-order valence-electron chi connectivity index (χ3n) is 5.90. The summed E-state index contributed by atoms with van der Waals surface area (Å²) in [5.74, 6) is -2.57.